The zero-order chi connectivity index (χ0) is 11.4. The van der Waals surface area contributed by atoms with Crippen LogP contribution in [0.25, 0.3) is 11.1 Å². The second kappa shape index (κ2) is 4.49. The van der Waals surface area contributed by atoms with E-state index in [2.05, 4.69) is 5.32 Å². The van der Waals surface area contributed by atoms with E-state index in [1.165, 1.54) is 0 Å². The molecule has 2 amide bonds. The van der Waals surface area contributed by atoms with Crippen LogP contribution in [0.2, 0.25) is 0 Å². The lowest BCUT2D eigenvalue weighted by molar-refractivity contribution is 0.258. The Kier molecular flexibility index (Phi) is 2.87. The van der Waals surface area contributed by atoms with Crippen molar-refractivity contribution in [3.05, 3.63) is 54.6 Å². The number of rotatable bonds is 2. The average Bonchev–Trinajstić information content (AvgIpc) is 2.30. The Morgan fingerprint density at radius 1 is 0.875 bits per heavy atom. The first-order valence-electron chi connectivity index (χ1n) is 4.94. The normalized spacial score (nSPS) is 9.75. The van der Waals surface area contributed by atoms with Gasteiger partial charge in [0.25, 0.3) is 0 Å². The second-order valence-electron chi connectivity index (χ2n) is 3.40. The fourth-order valence-electron chi connectivity index (χ4n) is 1.51. The molecule has 2 aromatic rings. The molecule has 0 spiro atoms. The molecule has 2 rings (SSSR count). The lowest BCUT2D eigenvalue weighted by atomic mass is 10.1. The number of amides is 2. The van der Waals surface area contributed by atoms with Gasteiger partial charge in [-0.25, -0.2) is 10.5 Å². The van der Waals surface area contributed by atoms with Gasteiger partial charge >= 0.3 is 6.03 Å². The summed E-state index contributed by atoms with van der Waals surface area (Å²) in [6, 6.07) is 16.6. The van der Waals surface area contributed by atoms with Crippen molar-refractivity contribution in [2.24, 2.45) is 0 Å². The van der Waals surface area contributed by atoms with Gasteiger partial charge in [0.05, 0.1) is 0 Å². The summed E-state index contributed by atoms with van der Waals surface area (Å²) in [5, 5.41) is 2.41. The van der Waals surface area contributed by atoms with Gasteiger partial charge in [-0.1, -0.05) is 42.5 Å². The predicted molar refractivity (Wildman–Crippen MR) is 64.0 cm³/mol. The highest BCUT2D eigenvalue weighted by atomic mass is 16.2. The number of urea groups is 1. The minimum Gasteiger partial charge on any atom is -0.307 e. The predicted octanol–water partition coefficient (Wildman–Crippen LogP) is 3.17. The maximum absolute atomic E-state index is 10.5. The van der Waals surface area contributed by atoms with Crippen LogP contribution in [0.4, 0.5) is 10.5 Å². The maximum Gasteiger partial charge on any atom is 0.337 e. The van der Waals surface area contributed by atoms with Gasteiger partial charge in [-0.05, 0) is 23.3 Å². The van der Waals surface area contributed by atoms with E-state index in [1.54, 1.807) is 12.1 Å². The van der Waals surface area contributed by atoms with Gasteiger partial charge in [-0.3, -0.25) is 0 Å². The Morgan fingerprint density at radius 2 is 1.44 bits per heavy atom. The van der Waals surface area contributed by atoms with Gasteiger partial charge in [-0.2, -0.15) is 0 Å². The molecule has 16 heavy (non-hydrogen) atoms. The van der Waals surface area contributed by atoms with Gasteiger partial charge in [-0.15, -0.1) is 0 Å². The molecule has 0 atom stereocenters. The maximum atomic E-state index is 10.5. The number of benzene rings is 2. The van der Waals surface area contributed by atoms with Gasteiger partial charge in [0.1, 0.15) is 0 Å². The molecular formula is C13H11N2O. The molecule has 0 saturated carbocycles. The van der Waals surface area contributed by atoms with Crippen LogP contribution in [0.15, 0.2) is 54.6 Å². The van der Waals surface area contributed by atoms with Gasteiger partial charge in [0.15, 0.2) is 0 Å². The largest absolute Gasteiger partial charge is 0.337 e. The number of hydrogen-bond donors (Lipinski definition) is 1. The topological polar surface area (TPSA) is 52.9 Å². The Morgan fingerprint density at radius 3 is 2.00 bits per heavy atom. The van der Waals surface area contributed by atoms with E-state index in [0.29, 0.717) is 5.69 Å². The van der Waals surface area contributed by atoms with Crippen molar-refractivity contribution >= 4 is 11.7 Å². The number of carbonyl (C=O) groups is 1. The van der Waals surface area contributed by atoms with Crippen LogP contribution in [-0.2, 0) is 0 Å². The molecule has 0 aliphatic rings. The SMILES string of the molecule is [NH]C(=O)Nc1ccc(-c2ccccc2)cc1. The van der Waals surface area contributed by atoms with Crippen LogP contribution in [0, 0.1) is 0 Å². The molecule has 3 nitrogen and oxygen atoms in total. The molecule has 0 aromatic heterocycles. The third-order valence-corrected chi connectivity index (χ3v) is 2.25. The summed E-state index contributed by atoms with van der Waals surface area (Å²) in [7, 11) is 0. The van der Waals surface area contributed by atoms with Crippen LogP contribution in [0.5, 0.6) is 0 Å². The first kappa shape index (κ1) is 10.2. The first-order chi connectivity index (χ1) is 7.75. The van der Waals surface area contributed by atoms with E-state index < -0.39 is 6.03 Å². The second-order valence-corrected chi connectivity index (χ2v) is 3.40. The Balaban J connectivity index is 2.23. The lowest BCUT2D eigenvalue weighted by Gasteiger charge is -2.04. The Hall–Kier alpha value is -2.29. The number of anilines is 1. The smallest absolute Gasteiger partial charge is 0.307 e. The minimum atomic E-state index is -0.799. The molecular weight excluding hydrogens is 200 g/mol. The van der Waals surface area contributed by atoms with Crippen molar-refractivity contribution < 1.29 is 4.79 Å². The molecule has 0 fully saturated rings. The van der Waals surface area contributed by atoms with Crippen molar-refractivity contribution in [3.63, 3.8) is 0 Å². The van der Waals surface area contributed by atoms with E-state index in [0.717, 1.165) is 11.1 Å². The lowest BCUT2D eigenvalue weighted by Crippen LogP contribution is -2.08. The fourth-order valence-corrected chi connectivity index (χ4v) is 1.51. The highest BCUT2D eigenvalue weighted by Crippen LogP contribution is 2.20. The summed E-state index contributed by atoms with van der Waals surface area (Å²) in [5.41, 5.74) is 9.64. The number of nitrogens with one attached hydrogen (secondary N) is 2. The summed E-state index contributed by atoms with van der Waals surface area (Å²) < 4.78 is 0. The van der Waals surface area contributed by atoms with Gasteiger partial charge < -0.3 is 5.32 Å². The van der Waals surface area contributed by atoms with Gasteiger partial charge in [0.2, 0.25) is 0 Å². The minimum absolute atomic E-state index is 0.639. The highest BCUT2D eigenvalue weighted by molar-refractivity contribution is 5.87. The van der Waals surface area contributed by atoms with Crippen molar-refractivity contribution in [2.75, 3.05) is 5.32 Å². The molecule has 0 saturated heterocycles. The fraction of sp³-hybridized carbons (Fsp3) is 0. The summed E-state index contributed by atoms with van der Waals surface area (Å²) >= 11 is 0. The third kappa shape index (κ3) is 2.39. The monoisotopic (exact) mass is 211 g/mol. The van der Waals surface area contributed by atoms with Crippen molar-refractivity contribution in [1.29, 1.82) is 0 Å². The summed E-state index contributed by atoms with van der Waals surface area (Å²) in [6.07, 6.45) is 0. The molecule has 2 aromatic carbocycles. The van der Waals surface area contributed by atoms with Crippen LogP contribution >= 0.6 is 0 Å². The van der Waals surface area contributed by atoms with Crippen LogP contribution in [0.1, 0.15) is 0 Å². The van der Waals surface area contributed by atoms with E-state index >= 15 is 0 Å². The Labute approximate surface area is 93.9 Å². The average molecular weight is 211 g/mol. The van der Waals surface area contributed by atoms with Gasteiger partial charge in [0, 0.05) is 5.69 Å². The molecule has 1 radical (unpaired) electrons. The molecule has 0 aliphatic heterocycles. The number of hydrogen-bond acceptors (Lipinski definition) is 1. The summed E-state index contributed by atoms with van der Waals surface area (Å²) in [5.74, 6) is 0. The molecule has 3 heteroatoms. The van der Waals surface area contributed by atoms with E-state index in [1.807, 2.05) is 42.5 Å². The molecule has 79 valence electrons. The van der Waals surface area contributed by atoms with Crippen LogP contribution < -0.4 is 11.1 Å². The standard InChI is InChI=1S/C13H11N2O/c14-13(16)15-12-8-6-11(7-9-12)10-4-2-1-3-5-10/h1-9,14H,(H,15,16). The van der Waals surface area contributed by atoms with Crippen molar-refractivity contribution in [2.45, 2.75) is 0 Å². The molecule has 0 bridgehead atoms. The van der Waals surface area contributed by atoms with E-state index in [4.69, 9.17) is 5.73 Å². The van der Waals surface area contributed by atoms with Crippen molar-refractivity contribution in [1.82, 2.24) is 5.73 Å². The quantitative estimate of drug-likeness (QED) is 0.814. The number of carbonyl (C=O) groups excluding carboxylic acids is 1. The van der Waals surface area contributed by atoms with Crippen LogP contribution in [0.3, 0.4) is 0 Å². The molecule has 2 N–H and O–H groups in total. The molecule has 0 heterocycles. The molecule has 0 unspecified atom stereocenters. The molecule has 0 aliphatic carbocycles. The highest BCUT2D eigenvalue weighted by Gasteiger charge is 1.98. The summed E-state index contributed by atoms with van der Waals surface area (Å²) in [4.78, 5) is 10.5. The van der Waals surface area contributed by atoms with E-state index in [-0.39, 0.29) is 0 Å². The van der Waals surface area contributed by atoms with Crippen molar-refractivity contribution in [3.8, 4) is 11.1 Å². The third-order valence-electron chi connectivity index (χ3n) is 2.25. The summed E-state index contributed by atoms with van der Waals surface area (Å²) in [6.45, 7) is 0. The zero-order valence-corrected chi connectivity index (χ0v) is 8.60. The zero-order valence-electron chi connectivity index (χ0n) is 8.60. The van der Waals surface area contributed by atoms with E-state index in [9.17, 15) is 4.79 Å². The van der Waals surface area contributed by atoms with Crippen LogP contribution in [-0.4, -0.2) is 6.03 Å². The Bertz CT molecular complexity index is 477. The first-order valence-corrected chi connectivity index (χ1v) is 4.94.